The monoisotopic (exact) mass is 1750 g/mol. The van der Waals surface area contributed by atoms with Crippen LogP contribution in [0.15, 0.2) is 486 Å². The Morgan fingerprint density at radius 2 is 0.358 bits per heavy atom. The number of furan rings is 3. The van der Waals surface area contributed by atoms with Crippen LogP contribution in [0.1, 0.15) is 0 Å². The third kappa shape index (κ3) is 11.9. The summed E-state index contributed by atoms with van der Waals surface area (Å²) < 4.78 is 33.5. The molecule has 0 fully saturated rings. The highest BCUT2D eigenvalue weighted by Gasteiger charge is 2.27. The van der Waals surface area contributed by atoms with Crippen molar-refractivity contribution >= 4 is 218 Å². The molecule has 0 aliphatic rings. The fourth-order valence-electron chi connectivity index (χ4n) is 22.4. The summed E-state index contributed by atoms with van der Waals surface area (Å²) in [6, 6.07) is 170. The standard InChI is InChI=1S/C46H28N2O.C42H26N2O.C40H24N2O/c1-2-12-33(13-3-1)48-43-27-42-37(25-38(43)39-26-40-36-15-7-9-17-45(36)49-46(40)28-44(39)48)35-14-6-8-16-41(35)47(42)34-22-20-30(21-23-34)32-19-18-29-10-4-5-11-31(29)24-32;1-3-12-27(13-4-1)28-14-11-17-30(22-28)44-37-20-9-7-18-31(37)33-23-34-35-24-36-32-19-8-10-21-41(32)45-42(36)26-40(35)43(39(34)25-38(33)44)29-15-5-2-6-16-29;1-2-12-27(13-3-1)41-37-23-36-31(21-32(37)33-22-34-30-15-7-9-17-39(30)43-40(34)24-38(33)41)29-14-6-8-16-35(29)42(36)28-19-18-25-10-4-5-11-26(25)20-28/h1-28H;1-26H;1-24H. The number of benzene rings is 22. The van der Waals surface area contributed by atoms with Gasteiger partial charge < -0.3 is 40.7 Å². The minimum absolute atomic E-state index is 0.903. The molecule has 638 valence electrons. The Kier molecular flexibility index (Phi) is 16.7. The summed E-state index contributed by atoms with van der Waals surface area (Å²) in [7, 11) is 0. The lowest BCUT2D eigenvalue weighted by molar-refractivity contribution is 0.669. The van der Waals surface area contributed by atoms with E-state index in [1.165, 1.54) is 158 Å². The zero-order valence-corrected chi connectivity index (χ0v) is 73.9. The maximum absolute atomic E-state index is 6.39. The van der Waals surface area contributed by atoms with Crippen LogP contribution in [0, 0.1) is 0 Å². The second-order valence-electron chi connectivity index (χ2n) is 36.2. The van der Waals surface area contributed by atoms with E-state index in [0.29, 0.717) is 0 Å². The van der Waals surface area contributed by atoms with E-state index in [9.17, 15) is 0 Å². The lowest BCUT2D eigenvalue weighted by Crippen LogP contribution is -1.96. The average Bonchev–Trinajstić information content (AvgIpc) is 1.55. The predicted molar refractivity (Wildman–Crippen MR) is 573 cm³/mol. The van der Waals surface area contributed by atoms with Crippen molar-refractivity contribution in [1.29, 1.82) is 0 Å². The Morgan fingerprint density at radius 3 is 0.766 bits per heavy atom. The second-order valence-corrected chi connectivity index (χ2v) is 36.2. The third-order valence-corrected chi connectivity index (χ3v) is 28.6. The Morgan fingerprint density at radius 1 is 0.109 bits per heavy atom. The molecule has 31 aromatic rings. The molecule has 9 heterocycles. The fourth-order valence-corrected chi connectivity index (χ4v) is 22.4. The van der Waals surface area contributed by atoms with Crippen molar-refractivity contribution in [2.45, 2.75) is 0 Å². The normalized spacial score (nSPS) is 12.1. The summed E-state index contributed by atoms with van der Waals surface area (Å²) in [5.74, 6) is 0. The van der Waals surface area contributed by atoms with Crippen LogP contribution in [-0.4, -0.2) is 27.4 Å². The zero-order chi connectivity index (χ0) is 89.6. The van der Waals surface area contributed by atoms with E-state index in [4.69, 9.17) is 13.3 Å². The van der Waals surface area contributed by atoms with Crippen LogP contribution in [-0.2, 0) is 0 Å². The molecule has 0 aliphatic heterocycles. The predicted octanol–water partition coefficient (Wildman–Crippen LogP) is 35.0. The van der Waals surface area contributed by atoms with E-state index in [0.717, 1.165) is 116 Å². The van der Waals surface area contributed by atoms with Gasteiger partial charge in [-0.1, -0.05) is 285 Å². The van der Waals surface area contributed by atoms with Gasteiger partial charge in [0.05, 0.1) is 66.2 Å². The molecule has 0 N–H and O–H groups in total. The summed E-state index contributed by atoms with van der Waals surface area (Å²) in [5.41, 5.74) is 31.2. The Balaban J connectivity index is 0.0000000996. The van der Waals surface area contributed by atoms with Crippen LogP contribution in [0.2, 0.25) is 0 Å². The van der Waals surface area contributed by atoms with Gasteiger partial charge in [0.1, 0.15) is 33.5 Å². The molecular formula is C128H78N6O3. The third-order valence-electron chi connectivity index (χ3n) is 28.6. The van der Waals surface area contributed by atoms with E-state index in [2.05, 4.69) is 482 Å². The van der Waals surface area contributed by atoms with Gasteiger partial charge in [-0.15, -0.1) is 0 Å². The van der Waals surface area contributed by atoms with E-state index < -0.39 is 0 Å². The van der Waals surface area contributed by atoms with Crippen LogP contribution in [0.25, 0.3) is 275 Å². The largest absolute Gasteiger partial charge is 0.456 e. The van der Waals surface area contributed by atoms with Crippen molar-refractivity contribution in [3.05, 3.63) is 473 Å². The Hall–Kier alpha value is -18.4. The molecular weight excluding hydrogens is 1670 g/mol. The van der Waals surface area contributed by atoms with E-state index in [1.54, 1.807) is 0 Å². The molecule has 9 aromatic heterocycles. The highest BCUT2D eigenvalue weighted by Crippen LogP contribution is 2.49. The minimum Gasteiger partial charge on any atom is -0.456 e. The maximum atomic E-state index is 6.39. The molecule has 0 aliphatic carbocycles. The molecule has 9 heteroatoms. The van der Waals surface area contributed by atoms with Crippen LogP contribution >= 0.6 is 0 Å². The topological polar surface area (TPSA) is 69.0 Å². The van der Waals surface area contributed by atoms with Crippen LogP contribution in [0.5, 0.6) is 0 Å². The second kappa shape index (κ2) is 30.0. The van der Waals surface area contributed by atoms with Crippen molar-refractivity contribution in [2.24, 2.45) is 0 Å². The Bertz CT molecular complexity index is 10400. The van der Waals surface area contributed by atoms with Gasteiger partial charge in [0.25, 0.3) is 0 Å². The SMILES string of the molecule is c1ccc(-c2cccc(-n3c4ccccc4c4cc5c6cc7c(cc6n(-c6ccccc6)c5cc43)oc3ccccc37)c2)cc1.c1ccc(-n2c3cc4oc5ccccc5c4cc3c3cc4c5ccccc5n(-c5ccc(-c6ccc7ccccc7c6)cc5)c4cc32)cc1.c1ccc(-n2c3cc4oc5ccccc5c4cc3c3cc4c5ccccc5n(-c5ccc6ccccc6c5)c4cc32)cc1. The van der Waals surface area contributed by atoms with E-state index >= 15 is 0 Å². The number of fused-ring (bicyclic) bond motifs is 29. The lowest BCUT2D eigenvalue weighted by Gasteiger charge is -2.11. The smallest absolute Gasteiger partial charge is 0.137 e. The fraction of sp³-hybridized carbons (Fsp3) is 0. The van der Waals surface area contributed by atoms with Crippen LogP contribution in [0.3, 0.4) is 0 Å². The van der Waals surface area contributed by atoms with Gasteiger partial charge in [0, 0.05) is 149 Å². The summed E-state index contributed by atoms with van der Waals surface area (Å²) in [5, 5.41) is 26.7. The molecule has 0 bridgehead atoms. The molecule has 0 atom stereocenters. The molecule has 31 rings (SSSR count). The van der Waals surface area contributed by atoms with Gasteiger partial charge in [0.15, 0.2) is 0 Å². The first-order chi connectivity index (χ1) is 67.9. The van der Waals surface area contributed by atoms with Crippen LogP contribution in [0.4, 0.5) is 0 Å². The van der Waals surface area contributed by atoms with E-state index in [-0.39, 0.29) is 0 Å². The van der Waals surface area contributed by atoms with E-state index in [1.807, 2.05) is 18.2 Å². The number of rotatable bonds is 8. The summed E-state index contributed by atoms with van der Waals surface area (Å²) in [4.78, 5) is 0. The highest BCUT2D eigenvalue weighted by atomic mass is 16.3. The van der Waals surface area contributed by atoms with Crippen molar-refractivity contribution in [1.82, 2.24) is 27.4 Å². The van der Waals surface area contributed by atoms with Crippen LogP contribution < -0.4 is 0 Å². The van der Waals surface area contributed by atoms with Crippen molar-refractivity contribution in [3.8, 4) is 56.4 Å². The van der Waals surface area contributed by atoms with Crippen molar-refractivity contribution in [3.63, 3.8) is 0 Å². The molecule has 0 amide bonds. The summed E-state index contributed by atoms with van der Waals surface area (Å²) >= 11 is 0. The number of nitrogens with zero attached hydrogens (tertiary/aromatic N) is 6. The molecule has 137 heavy (non-hydrogen) atoms. The quantitative estimate of drug-likeness (QED) is 0.152. The molecule has 0 unspecified atom stereocenters. The average molecular weight is 1750 g/mol. The zero-order valence-electron chi connectivity index (χ0n) is 73.9. The minimum atomic E-state index is 0.903. The first-order valence-corrected chi connectivity index (χ1v) is 46.8. The maximum Gasteiger partial charge on any atom is 0.137 e. The van der Waals surface area contributed by atoms with Crippen molar-refractivity contribution < 1.29 is 13.3 Å². The number of hydrogen-bond donors (Lipinski definition) is 0. The van der Waals surface area contributed by atoms with Gasteiger partial charge in [0.2, 0.25) is 0 Å². The van der Waals surface area contributed by atoms with Gasteiger partial charge >= 0.3 is 0 Å². The number of para-hydroxylation sites is 9. The molecule has 9 nitrogen and oxygen atoms in total. The van der Waals surface area contributed by atoms with Gasteiger partial charge in [-0.3, -0.25) is 0 Å². The first-order valence-electron chi connectivity index (χ1n) is 46.8. The number of aromatic nitrogens is 6. The van der Waals surface area contributed by atoms with Gasteiger partial charge in [-0.25, -0.2) is 0 Å². The highest BCUT2D eigenvalue weighted by molar-refractivity contribution is 6.27. The lowest BCUT2D eigenvalue weighted by atomic mass is 10.0. The molecule has 0 spiro atoms. The number of hydrogen-bond acceptors (Lipinski definition) is 3. The van der Waals surface area contributed by atoms with Crippen molar-refractivity contribution in [2.75, 3.05) is 0 Å². The van der Waals surface area contributed by atoms with Gasteiger partial charge in [-0.05, 0) is 214 Å². The summed E-state index contributed by atoms with van der Waals surface area (Å²) in [6.07, 6.45) is 0. The summed E-state index contributed by atoms with van der Waals surface area (Å²) in [6.45, 7) is 0. The molecule has 0 radical (unpaired) electrons. The first kappa shape index (κ1) is 76.3. The van der Waals surface area contributed by atoms with Gasteiger partial charge in [-0.2, -0.15) is 0 Å². The molecule has 0 saturated heterocycles. The molecule has 0 saturated carbocycles. The molecule has 22 aromatic carbocycles. The Labute approximate surface area is 783 Å².